The second-order valence-corrected chi connectivity index (χ2v) is 5.09. The Morgan fingerprint density at radius 1 is 1.40 bits per heavy atom. The summed E-state index contributed by atoms with van der Waals surface area (Å²) in [6.45, 7) is 0. The highest BCUT2D eigenvalue weighted by molar-refractivity contribution is 8.13. The molecule has 0 radical (unpaired) electrons. The smallest absolute Gasteiger partial charge is 0.258 e. The molecule has 78 valence electrons. The fourth-order valence-electron chi connectivity index (χ4n) is 0.894. The zero-order valence-electron chi connectivity index (χ0n) is 7.05. The summed E-state index contributed by atoms with van der Waals surface area (Å²) in [5, 5.41) is 18.9. The molecule has 8 heteroatoms. The van der Waals surface area contributed by atoms with Crippen LogP contribution in [0.25, 0.3) is 0 Å². The Morgan fingerprint density at radius 2 is 2.00 bits per heavy atom. The van der Waals surface area contributed by atoms with E-state index in [0.29, 0.717) is 0 Å². The third-order valence-electron chi connectivity index (χ3n) is 1.51. The van der Waals surface area contributed by atoms with E-state index in [1.807, 2.05) is 0 Å². The van der Waals surface area contributed by atoms with Crippen molar-refractivity contribution in [3.63, 3.8) is 0 Å². The predicted molar refractivity (Wildman–Crippen MR) is 50.9 cm³/mol. The predicted octanol–water partition coefficient (Wildman–Crippen LogP) is 1.39. The zero-order chi connectivity index (χ0) is 11.6. The van der Waals surface area contributed by atoms with Gasteiger partial charge in [-0.15, -0.1) is 0 Å². The molecule has 6 nitrogen and oxygen atoms in total. The highest BCUT2D eigenvalue weighted by Crippen LogP contribution is 2.22. The molecule has 0 bridgehead atoms. The molecule has 0 aliphatic heterocycles. The molecule has 0 saturated heterocycles. The number of nitro benzene ring substituents is 1. The van der Waals surface area contributed by atoms with Crippen molar-refractivity contribution in [1.29, 1.82) is 5.26 Å². The van der Waals surface area contributed by atoms with Crippen molar-refractivity contribution < 1.29 is 13.3 Å². The third kappa shape index (κ3) is 2.65. The van der Waals surface area contributed by atoms with Crippen LogP contribution in [0.2, 0.25) is 0 Å². The van der Waals surface area contributed by atoms with Crippen molar-refractivity contribution in [2.24, 2.45) is 0 Å². The molecule has 0 unspecified atom stereocenters. The van der Waals surface area contributed by atoms with E-state index in [4.69, 9.17) is 15.9 Å². The summed E-state index contributed by atoms with van der Waals surface area (Å²) in [7, 11) is 0.930. The monoisotopic (exact) mass is 246 g/mol. The van der Waals surface area contributed by atoms with Crippen LogP contribution in [0.15, 0.2) is 23.1 Å². The largest absolute Gasteiger partial charge is 0.272 e. The van der Waals surface area contributed by atoms with Gasteiger partial charge in [0.15, 0.2) is 0 Å². The number of rotatable bonds is 2. The van der Waals surface area contributed by atoms with Crippen LogP contribution in [0.5, 0.6) is 0 Å². The highest BCUT2D eigenvalue weighted by atomic mass is 35.7. The lowest BCUT2D eigenvalue weighted by Gasteiger charge is -1.97. The van der Waals surface area contributed by atoms with Gasteiger partial charge in [0.1, 0.15) is 0 Å². The average Bonchev–Trinajstić information content (AvgIpc) is 2.15. The van der Waals surface area contributed by atoms with Crippen LogP contribution in [0.3, 0.4) is 0 Å². The van der Waals surface area contributed by atoms with E-state index >= 15 is 0 Å². The van der Waals surface area contributed by atoms with Crippen LogP contribution in [0.4, 0.5) is 5.69 Å². The molecule has 0 atom stereocenters. The molecule has 0 heterocycles. The highest BCUT2D eigenvalue weighted by Gasteiger charge is 2.17. The molecule has 0 aliphatic rings. The Kier molecular flexibility index (Phi) is 2.93. The topological polar surface area (TPSA) is 101 Å². The molecule has 0 aliphatic carbocycles. The Balaban J connectivity index is 3.52. The molecular weight excluding hydrogens is 244 g/mol. The van der Waals surface area contributed by atoms with Crippen LogP contribution < -0.4 is 0 Å². The van der Waals surface area contributed by atoms with Gasteiger partial charge < -0.3 is 0 Å². The van der Waals surface area contributed by atoms with Gasteiger partial charge in [-0.1, -0.05) is 0 Å². The second-order valence-electron chi connectivity index (χ2n) is 2.52. The maximum Gasteiger partial charge on any atom is 0.272 e. The Bertz CT molecular complexity index is 561. The van der Waals surface area contributed by atoms with Crippen molar-refractivity contribution in [2.75, 3.05) is 0 Å². The zero-order valence-corrected chi connectivity index (χ0v) is 8.62. The van der Waals surface area contributed by atoms with Gasteiger partial charge in [-0.25, -0.2) is 8.42 Å². The van der Waals surface area contributed by atoms with Gasteiger partial charge >= 0.3 is 0 Å². The maximum absolute atomic E-state index is 10.9. The van der Waals surface area contributed by atoms with Gasteiger partial charge in [-0.2, -0.15) is 5.26 Å². The van der Waals surface area contributed by atoms with Crippen molar-refractivity contribution >= 4 is 25.4 Å². The van der Waals surface area contributed by atoms with E-state index in [-0.39, 0.29) is 5.56 Å². The van der Waals surface area contributed by atoms with Crippen molar-refractivity contribution in [2.45, 2.75) is 4.90 Å². The van der Waals surface area contributed by atoms with E-state index in [1.165, 1.54) is 0 Å². The number of nitro groups is 1. The second kappa shape index (κ2) is 3.84. The van der Waals surface area contributed by atoms with E-state index in [0.717, 1.165) is 18.2 Å². The fourth-order valence-corrected chi connectivity index (χ4v) is 1.69. The minimum absolute atomic E-state index is 0.136. The van der Waals surface area contributed by atoms with E-state index in [1.54, 1.807) is 6.07 Å². The first kappa shape index (κ1) is 11.4. The van der Waals surface area contributed by atoms with Gasteiger partial charge in [0, 0.05) is 22.8 Å². The normalized spacial score (nSPS) is 10.7. The summed E-state index contributed by atoms with van der Waals surface area (Å²) in [6.07, 6.45) is 0. The number of hydrogen-bond acceptors (Lipinski definition) is 5. The lowest BCUT2D eigenvalue weighted by molar-refractivity contribution is -0.385. The first-order valence-electron chi connectivity index (χ1n) is 3.49. The lowest BCUT2D eigenvalue weighted by atomic mass is 10.2. The maximum atomic E-state index is 10.9. The first-order chi connectivity index (χ1) is 6.84. The quantitative estimate of drug-likeness (QED) is 0.446. The van der Waals surface area contributed by atoms with Gasteiger partial charge in [0.2, 0.25) is 0 Å². The van der Waals surface area contributed by atoms with E-state index in [9.17, 15) is 18.5 Å². The van der Waals surface area contributed by atoms with Crippen LogP contribution in [0, 0.1) is 21.4 Å². The summed E-state index contributed by atoms with van der Waals surface area (Å²) >= 11 is 0. The van der Waals surface area contributed by atoms with Gasteiger partial charge in [-0.3, -0.25) is 10.1 Å². The molecular formula is C7H3ClN2O4S. The van der Waals surface area contributed by atoms with Crippen LogP contribution in [0.1, 0.15) is 5.56 Å². The molecule has 0 fully saturated rings. The summed E-state index contributed by atoms with van der Waals surface area (Å²) in [6, 6.07) is 4.33. The van der Waals surface area contributed by atoms with Crippen molar-refractivity contribution in [1.82, 2.24) is 0 Å². The number of benzene rings is 1. The van der Waals surface area contributed by atoms with Crippen LogP contribution in [-0.4, -0.2) is 13.3 Å². The molecule has 0 saturated carbocycles. The number of nitrogens with zero attached hydrogens (tertiary/aromatic N) is 2. The minimum atomic E-state index is -4.07. The summed E-state index contributed by atoms with van der Waals surface area (Å²) in [5.74, 6) is 0. The first-order valence-corrected chi connectivity index (χ1v) is 5.80. The molecule has 0 aromatic heterocycles. The Labute approximate surface area is 89.3 Å². The minimum Gasteiger partial charge on any atom is -0.258 e. The number of nitriles is 1. The SMILES string of the molecule is N#Cc1cc([N+](=O)[O-])cc(S(=O)(=O)Cl)c1. The molecule has 0 spiro atoms. The molecule has 0 amide bonds. The molecule has 1 rings (SSSR count). The van der Waals surface area contributed by atoms with E-state index in [2.05, 4.69) is 0 Å². The summed E-state index contributed by atoms with van der Waals surface area (Å²) in [4.78, 5) is 9.14. The van der Waals surface area contributed by atoms with Crippen LogP contribution >= 0.6 is 10.7 Å². The number of non-ortho nitro benzene ring substituents is 1. The third-order valence-corrected chi connectivity index (χ3v) is 2.85. The lowest BCUT2D eigenvalue weighted by Crippen LogP contribution is -1.95. The molecule has 0 N–H and O–H groups in total. The average molecular weight is 247 g/mol. The van der Waals surface area contributed by atoms with Crippen LogP contribution in [-0.2, 0) is 9.05 Å². The molecule has 15 heavy (non-hydrogen) atoms. The number of halogens is 1. The summed E-state index contributed by atoms with van der Waals surface area (Å²) in [5.41, 5.74) is -0.628. The van der Waals surface area contributed by atoms with Crippen molar-refractivity contribution in [3.8, 4) is 6.07 Å². The Hall–Kier alpha value is -1.65. The standard InChI is InChI=1S/C7H3ClN2O4S/c8-15(13,14)7-2-5(4-9)1-6(3-7)10(11)12/h1-3H. The van der Waals surface area contributed by atoms with Crippen molar-refractivity contribution in [3.05, 3.63) is 33.9 Å². The van der Waals surface area contributed by atoms with Gasteiger partial charge in [0.25, 0.3) is 14.7 Å². The molecule has 1 aromatic carbocycles. The van der Waals surface area contributed by atoms with Gasteiger partial charge in [0.05, 0.1) is 21.5 Å². The molecule has 1 aromatic rings. The Morgan fingerprint density at radius 3 is 2.40 bits per heavy atom. The fraction of sp³-hybridized carbons (Fsp3) is 0. The van der Waals surface area contributed by atoms with E-state index < -0.39 is 24.6 Å². The van der Waals surface area contributed by atoms with Gasteiger partial charge in [-0.05, 0) is 6.07 Å². The summed E-state index contributed by atoms with van der Waals surface area (Å²) < 4.78 is 21.8. The number of hydrogen-bond donors (Lipinski definition) is 0.